The number of fused-ring (bicyclic) bond motifs is 2. The number of rotatable bonds is 3. The van der Waals surface area contributed by atoms with Gasteiger partial charge in [-0.15, -0.1) is 0 Å². The third-order valence-corrected chi connectivity index (χ3v) is 6.69. The maximum atomic E-state index is 12.3. The fraction of sp³-hybridized carbons (Fsp3) is 0.455. The van der Waals surface area contributed by atoms with Crippen LogP contribution < -0.4 is 0 Å². The van der Waals surface area contributed by atoms with E-state index >= 15 is 0 Å². The van der Waals surface area contributed by atoms with E-state index < -0.39 is 7.14 Å². The second-order valence-electron chi connectivity index (χ2n) is 8.18. The Kier molecular flexibility index (Phi) is 4.81. The molecule has 2 aromatic carbocycles. The number of benzene rings is 2. The Balaban J connectivity index is 1.64. The average molecular weight is 369 g/mol. The molecular weight excluding hydrogens is 341 g/mol. The zero-order valence-electron chi connectivity index (χ0n) is 15.7. The van der Waals surface area contributed by atoms with E-state index in [-0.39, 0.29) is 11.7 Å². The summed E-state index contributed by atoms with van der Waals surface area (Å²) in [5.74, 6) is 0. The Labute approximate surface area is 156 Å². The molecule has 2 heterocycles. The van der Waals surface area contributed by atoms with Crippen LogP contribution in [0.1, 0.15) is 42.1 Å². The SMILES string of the molecule is CP(C)(=O)CN1CCCC2(CC1)OC(c1ccccc1)c1ccccc12. The van der Waals surface area contributed by atoms with Gasteiger partial charge in [0, 0.05) is 6.54 Å². The molecule has 138 valence electrons. The number of nitrogens with zero attached hydrogens (tertiary/aromatic N) is 1. The van der Waals surface area contributed by atoms with Crippen LogP contribution in [0.3, 0.4) is 0 Å². The van der Waals surface area contributed by atoms with Crippen molar-refractivity contribution in [2.75, 3.05) is 32.7 Å². The number of hydrogen-bond acceptors (Lipinski definition) is 3. The molecule has 1 spiro atoms. The van der Waals surface area contributed by atoms with Gasteiger partial charge in [0.2, 0.25) is 0 Å². The van der Waals surface area contributed by atoms with Crippen molar-refractivity contribution >= 4 is 7.14 Å². The summed E-state index contributed by atoms with van der Waals surface area (Å²) >= 11 is 0. The molecule has 0 amide bonds. The summed E-state index contributed by atoms with van der Waals surface area (Å²) < 4.78 is 19.1. The molecule has 3 nitrogen and oxygen atoms in total. The second-order valence-corrected chi connectivity index (χ2v) is 11.6. The van der Waals surface area contributed by atoms with E-state index in [2.05, 4.69) is 59.5 Å². The van der Waals surface area contributed by atoms with Gasteiger partial charge in [0.25, 0.3) is 0 Å². The van der Waals surface area contributed by atoms with Crippen LogP contribution in [0.5, 0.6) is 0 Å². The van der Waals surface area contributed by atoms with Gasteiger partial charge in [-0.1, -0.05) is 54.6 Å². The van der Waals surface area contributed by atoms with Gasteiger partial charge >= 0.3 is 0 Å². The van der Waals surface area contributed by atoms with Crippen molar-refractivity contribution in [3.05, 3.63) is 71.3 Å². The molecule has 4 rings (SSSR count). The maximum absolute atomic E-state index is 12.3. The molecule has 4 heteroatoms. The van der Waals surface area contributed by atoms with Crippen molar-refractivity contribution in [2.45, 2.75) is 31.0 Å². The summed E-state index contributed by atoms with van der Waals surface area (Å²) in [7, 11) is -2.04. The van der Waals surface area contributed by atoms with Crippen LogP contribution in [0.15, 0.2) is 54.6 Å². The molecular formula is C22H28NO2P. The predicted octanol–water partition coefficient (Wildman–Crippen LogP) is 5.07. The van der Waals surface area contributed by atoms with Gasteiger partial charge in [-0.3, -0.25) is 4.90 Å². The van der Waals surface area contributed by atoms with E-state index in [1.807, 2.05) is 13.3 Å². The van der Waals surface area contributed by atoms with Crippen LogP contribution in [-0.2, 0) is 14.9 Å². The number of hydrogen-bond donors (Lipinski definition) is 0. The molecule has 0 aliphatic carbocycles. The van der Waals surface area contributed by atoms with E-state index in [1.54, 1.807) is 0 Å². The summed E-state index contributed by atoms with van der Waals surface area (Å²) in [6, 6.07) is 19.3. The number of likely N-dealkylation sites (tertiary alicyclic amines) is 1. The van der Waals surface area contributed by atoms with Crippen molar-refractivity contribution in [3.8, 4) is 0 Å². The van der Waals surface area contributed by atoms with Gasteiger partial charge in [0.05, 0.1) is 19.0 Å². The second kappa shape index (κ2) is 6.96. The predicted molar refractivity (Wildman–Crippen MR) is 107 cm³/mol. The highest BCUT2D eigenvalue weighted by molar-refractivity contribution is 7.62. The van der Waals surface area contributed by atoms with Crippen LogP contribution in [0.2, 0.25) is 0 Å². The van der Waals surface area contributed by atoms with Crippen molar-refractivity contribution in [1.29, 1.82) is 0 Å². The Bertz CT molecular complexity index is 816. The molecule has 2 aliphatic rings. The molecule has 2 atom stereocenters. The third-order valence-electron chi connectivity index (χ3n) is 5.61. The normalized spacial score (nSPS) is 26.6. The quantitative estimate of drug-likeness (QED) is 0.708. The average Bonchev–Trinajstić information content (AvgIpc) is 2.80. The monoisotopic (exact) mass is 369 g/mol. The van der Waals surface area contributed by atoms with E-state index in [4.69, 9.17) is 4.74 Å². The maximum Gasteiger partial charge on any atom is 0.109 e. The molecule has 1 fully saturated rings. The zero-order valence-corrected chi connectivity index (χ0v) is 16.6. The first-order chi connectivity index (χ1) is 12.5. The van der Waals surface area contributed by atoms with E-state index in [9.17, 15) is 4.57 Å². The van der Waals surface area contributed by atoms with E-state index in [0.29, 0.717) is 6.29 Å². The smallest absolute Gasteiger partial charge is 0.109 e. The van der Waals surface area contributed by atoms with Crippen molar-refractivity contribution < 1.29 is 9.30 Å². The first kappa shape index (κ1) is 18.0. The highest BCUT2D eigenvalue weighted by atomic mass is 31.2. The van der Waals surface area contributed by atoms with Gasteiger partial charge in [-0.2, -0.15) is 0 Å². The standard InChI is InChI=1S/C22H28NO2P/c1-26(2,24)17-23-15-8-13-22(14-16-23)20-12-7-6-11-19(20)21(25-22)18-9-4-3-5-10-18/h3-7,9-12,21H,8,13-17H2,1-2H3. The Hall–Kier alpha value is -1.41. The molecule has 0 bridgehead atoms. The minimum atomic E-state index is -2.04. The molecule has 26 heavy (non-hydrogen) atoms. The van der Waals surface area contributed by atoms with Crippen LogP contribution in [0, 0.1) is 0 Å². The van der Waals surface area contributed by atoms with Gasteiger partial charge in [-0.25, -0.2) is 0 Å². The fourth-order valence-electron chi connectivity index (χ4n) is 4.54. The van der Waals surface area contributed by atoms with Crippen molar-refractivity contribution in [3.63, 3.8) is 0 Å². The molecule has 0 aromatic heterocycles. The molecule has 2 aliphatic heterocycles. The summed E-state index contributed by atoms with van der Waals surface area (Å²) in [5.41, 5.74) is 3.68. The molecule has 1 saturated heterocycles. The number of ether oxygens (including phenoxy) is 1. The van der Waals surface area contributed by atoms with E-state index in [1.165, 1.54) is 16.7 Å². The highest BCUT2D eigenvalue weighted by Gasteiger charge is 2.45. The van der Waals surface area contributed by atoms with Crippen LogP contribution in [0.25, 0.3) is 0 Å². The lowest BCUT2D eigenvalue weighted by Crippen LogP contribution is -2.30. The van der Waals surface area contributed by atoms with Crippen LogP contribution >= 0.6 is 7.14 Å². The molecule has 0 saturated carbocycles. The lowest BCUT2D eigenvalue weighted by Gasteiger charge is -2.30. The summed E-state index contributed by atoms with van der Waals surface area (Å²) in [5, 5.41) is 0. The highest BCUT2D eigenvalue weighted by Crippen LogP contribution is 2.51. The molecule has 2 unspecified atom stereocenters. The van der Waals surface area contributed by atoms with Gasteiger partial charge in [0.15, 0.2) is 0 Å². The summed E-state index contributed by atoms with van der Waals surface area (Å²) in [6.07, 6.45) is 3.81. The lowest BCUT2D eigenvalue weighted by molar-refractivity contribution is -0.0704. The largest absolute Gasteiger partial charge is 0.358 e. The molecule has 2 aromatic rings. The van der Waals surface area contributed by atoms with Crippen LogP contribution in [0.4, 0.5) is 0 Å². The molecule has 0 radical (unpaired) electrons. The van der Waals surface area contributed by atoms with Gasteiger partial charge in [0.1, 0.15) is 6.10 Å². The first-order valence-electron chi connectivity index (χ1n) is 9.55. The Morgan fingerprint density at radius 3 is 2.54 bits per heavy atom. The molecule has 0 N–H and O–H groups in total. The van der Waals surface area contributed by atoms with Gasteiger partial charge in [-0.05, 0) is 55.8 Å². The topological polar surface area (TPSA) is 29.5 Å². The fourth-order valence-corrected chi connectivity index (χ4v) is 5.79. The van der Waals surface area contributed by atoms with Gasteiger partial charge < -0.3 is 9.30 Å². The minimum absolute atomic E-state index is 0.0161. The lowest BCUT2D eigenvalue weighted by atomic mass is 9.85. The van der Waals surface area contributed by atoms with Crippen molar-refractivity contribution in [2.24, 2.45) is 0 Å². The minimum Gasteiger partial charge on any atom is -0.358 e. The Morgan fingerprint density at radius 2 is 1.77 bits per heavy atom. The van der Waals surface area contributed by atoms with Crippen LogP contribution in [-0.4, -0.2) is 37.6 Å². The summed E-state index contributed by atoms with van der Waals surface area (Å²) in [4.78, 5) is 2.37. The summed E-state index contributed by atoms with van der Waals surface area (Å²) in [6.45, 7) is 5.73. The first-order valence-corrected chi connectivity index (χ1v) is 12.3. The Morgan fingerprint density at radius 1 is 1.04 bits per heavy atom. The van der Waals surface area contributed by atoms with Crippen molar-refractivity contribution in [1.82, 2.24) is 4.90 Å². The van der Waals surface area contributed by atoms with E-state index in [0.717, 1.165) is 32.4 Å². The third kappa shape index (κ3) is 3.53. The zero-order chi connectivity index (χ0) is 18.2.